The van der Waals surface area contributed by atoms with Crippen LogP contribution in [0.1, 0.15) is 48.4 Å². The number of methoxy groups -OCH3 is 2. The Morgan fingerprint density at radius 1 is 1.03 bits per heavy atom. The molecule has 1 heterocycles. The smallest absolute Gasteiger partial charge is 0.295 e. The highest BCUT2D eigenvalue weighted by molar-refractivity contribution is 6.46. The minimum absolute atomic E-state index is 0.0152. The van der Waals surface area contributed by atoms with Crippen molar-refractivity contribution in [1.29, 1.82) is 0 Å². The lowest BCUT2D eigenvalue weighted by Gasteiger charge is -2.31. The van der Waals surface area contributed by atoms with E-state index in [0.717, 1.165) is 36.8 Å². The molecule has 2 aromatic rings. The van der Waals surface area contributed by atoms with Gasteiger partial charge in [-0.3, -0.25) is 9.59 Å². The summed E-state index contributed by atoms with van der Waals surface area (Å²) in [4.78, 5) is 28.1. The molecule has 2 aliphatic rings. The van der Waals surface area contributed by atoms with E-state index in [1.165, 1.54) is 14.2 Å². The predicted molar refractivity (Wildman–Crippen MR) is 117 cm³/mol. The van der Waals surface area contributed by atoms with E-state index in [1.54, 1.807) is 23.1 Å². The zero-order chi connectivity index (χ0) is 22.1. The Balaban J connectivity index is 1.95. The van der Waals surface area contributed by atoms with Crippen molar-refractivity contribution in [2.75, 3.05) is 14.2 Å². The molecule has 1 unspecified atom stereocenters. The topological polar surface area (TPSA) is 76.1 Å². The van der Waals surface area contributed by atoms with Crippen molar-refractivity contribution in [3.05, 3.63) is 64.7 Å². The fourth-order valence-corrected chi connectivity index (χ4v) is 4.75. The molecule has 1 N–H and O–H groups in total. The van der Waals surface area contributed by atoms with Crippen molar-refractivity contribution in [3.8, 4) is 11.5 Å². The summed E-state index contributed by atoms with van der Waals surface area (Å²) in [5.41, 5.74) is 2.22. The van der Waals surface area contributed by atoms with E-state index < -0.39 is 17.7 Å². The second-order valence-corrected chi connectivity index (χ2v) is 8.07. The van der Waals surface area contributed by atoms with Gasteiger partial charge in [-0.2, -0.15) is 0 Å². The molecule has 6 nitrogen and oxygen atoms in total. The van der Waals surface area contributed by atoms with Crippen LogP contribution in [0, 0.1) is 6.92 Å². The number of likely N-dealkylation sites (tertiary alicyclic amines) is 1. The molecule has 2 fully saturated rings. The Hall–Kier alpha value is -3.28. The lowest BCUT2D eigenvalue weighted by Crippen LogP contribution is -2.37. The van der Waals surface area contributed by atoms with Crippen molar-refractivity contribution in [2.24, 2.45) is 0 Å². The van der Waals surface area contributed by atoms with Gasteiger partial charge in [0.2, 0.25) is 0 Å². The molecule has 0 aromatic heterocycles. The van der Waals surface area contributed by atoms with E-state index >= 15 is 0 Å². The standard InChI is InChI=1S/C25H27NO5/c1-15-8-4-7-11-18(15)22-21(24(28)25(29)26(22)16-9-5-6-10-16)23(27)19-14-17(30-2)12-13-20(19)31-3/h4,7-8,11-14,16,22,27H,5-6,9-10H2,1-3H3/b23-21+. The molecule has 0 radical (unpaired) electrons. The number of aliphatic hydroxyl groups is 1. The first-order chi connectivity index (χ1) is 15.0. The quantitative estimate of drug-likeness (QED) is 0.441. The first kappa shape index (κ1) is 21.0. The van der Waals surface area contributed by atoms with E-state index in [-0.39, 0.29) is 17.4 Å². The number of ketones is 1. The zero-order valence-corrected chi connectivity index (χ0v) is 18.1. The van der Waals surface area contributed by atoms with Gasteiger partial charge in [-0.05, 0) is 49.1 Å². The van der Waals surface area contributed by atoms with E-state index in [1.807, 2.05) is 31.2 Å². The number of rotatable bonds is 5. The average molecular weight is 421 g/mol. The van der Waals surface area contributed by atoms with Gasteiger partial charge < -0.3 is 19.5 Å². The van der Waals surface area contributed by atoms with Crippen LogP contribution in [0.15, 0.2) is 48.0 Å². The number of hydrogen-bond acceptors (Lipinski definition) is 5. The van der Waals surface area contributed by atoms with Crippen LogP contribution >= 0.6 is 0 Å². The molecule has 1 aliphatic heterocycles. The van der Waals surface area contributed by atoms with Crippen LogP contribution in [0.3, 0.4) is 0 Å². The SMILES string of the molecule is COc1ccc(OC)c(/C(O)=C2\C(=O)C(=O)N(C3CCCC3)C2c2ccccc2C)c1. The monoisotopic (exact) mass is 421 g/mol. The van der Waals surface area contributed by atoms with Gasteiger partial charge in [0.05, 0.1) is 31.4 Å². The largest absolute Gasteiger partial charge is 0.507 e. The maximum absolute atomic E-state index is 13.3. The van der Waals surface area contributed by atoms with E-state index in [4.69, 9.17) is 9.47 Å². The molecular formula is C25H27NO5. The fraction of sp³-hybridized carbons (Fsp3) is 0.360. The lowest BCUT2D eigenvalue weighted by atomic mass is 9.91. The first-order valence-electron chi connectivity index (χ1n) is 10.6. The Morgan fingerprint density at radius 3 is 2.39 bits per heavy atom. The summed E-state index contributed by atoms with van der Waals surface area (Å²) < 4.78 is 10.7. The Labute approximate surface area is 182 Å². The summed E-state index contributed by atoms with van der Waals surface area (Å²) in [6.45, 7) is 1.95. The number of carbonyl (C=O) groups is 2. The molecule has 1 atom stereocenters. The van der Waals surface area contributed by atoms with E-state index in [9.17, 15) is 14.7 Å². The van der Waals surface area contributed by atoms with Gasteiger partial charge in [-0.15, -0.1) is 0 Å². The average Bonchev–Trinajstić information content (AvgIpc) is 3.40. The van der Waals surface area contributed by atoms with Gasteiger partial charge in [-0.1, -0.05) is 37.1 Å². The minimum Gasteiger partial charge on any atom is -0.507 e. The molecule has 1 aliphatic carbocycles. The number of amides is 1. The third-order valence-corrected chi connectivity index (χ3v) is 6.34. The molecule has 1 amide bonds. The molecule has 6 heteroatoms. The number of benzene rings is 2. The summed E-state index contributed by atoms with van der Waals surface area (Å²) >= 11 is 0. The van der Waals surface area contributed by atoms with Gasteiger partial charge in [0.25, 0.3) is 11.7 Å². The normalized spacial score (nSPS) is 21.0. The number of nitrogens with zero attached hydrogens (tertiary/aromatic N) is 1. The zero-order valence-electron chi connectivity index (χ0n) is 18.1. The molecule has 31 heavy (non-hydrogen) atoms. The molecular weight excluding hydrogens is 394 g/mol. The maximum atomic E-state index is 13.3. The summed E-state index contributed by atoms with van der Waals surface area (Å²) in [6.07, 6.45) is 3.77. The summed E-state index contributed by atoms with van der Waals surface area (Å²) in [7, 11) is 3.02. The van der Waals surface area contributed by atoms with Crippen LogP contribution in [0.2, 0.25) is 0 Å². The van der Waals surface area contributed by atoms with Crippen LogP contribution in [0.4, 0.5) is 0 Å². The molecule has 162 valence electrons. The van der Waals surface area contributed by atoms with Crippen LogP contribution in [-0.2, 0) is 9.59 Å². The van der Waals surface area contributed by atoms with E-state index in [0.29, 0.717) is 17.1 Å². The second kappa shape index (κ2) is 8.46. The lowest BCUT2D eigenvalue weighted by molar-refractivity contribution is -0.141. The van der Waals surface area contributed by atoms with Crippen molar-refractivity contribution < 1.29 is 24.2 Å². The predicted octanol–water partition coefficient (Wildman–Crippen LogP) is 4.38. The molecule has 1 saturated heterocycles. The first-order valence-corrected chi connectivity index (χ1v) is 10.6. The Bertz CT molecular complexity index is 1050. The Kier molecular flexibility index (Phi) is 5.72. The number of hydrogen-bond donors (Lipinski definition) is 1. The highest BCUT2D eigenvalue weighted by Gasteiger charge is 2.49. The fourth-order valence-electron chi connectivity index (χ4n) is 4.75. The molecule has 4 rings (SSSR count). The van der Waals surface area contributed by atoms with Crippen LogP contribution in [-0.4, -0.2) is 42.0 Å². The number of aliphatic hydroxyl groups excluding tert-OH is 1. The van der Waals surface area contributed by atoms with Crippen LogP contribution in [0.5, 0.6) is 11.5 Å². The molecule has 0 spiro atoms. The van der Waals surface area contributed by atoms with Crippen molar-refractivity contribution >= 4 is 17.4 Å². The van der Waals surface area contributed by atoms with Crippen molar-refractivity contribution in [2.45, 2.75) is 44.7 Å². The molecule has 1 saturated carbocycles. The highest BCUT2D eigenvalue weighted by atomic mass is 16.5. The molecule has 0 bridgehead atoms. The Morgan fingerprint density at radius 2 is 1.74 bits per heavy atom. The third kappa shape index (κ3) is 3.56. The summed E-state index contributed by atoms with van der Waals surface area (Å²) in [5.74, 6) is -0.553. The van der Waals surface area contributed by atoms with Crippen LogP contribution in [0.25, 0.3) is 5.76 Å². The minimum atomic E-state index is -0.664. The summed E-state index contributed by atoms with van der Waals surface area (Å²) in [5, 5.41) is 11.4. The maximum Gasteiger partial charge on any atom is 0.295 e. The van der Waals surface area contributed by atoms with E-state index in [2.05, 4.69) is 0 Å². The van der Waals surface area contributed by atoms with Gasteiger partial charge in [0, 0.05) is 6.04 Å². The van der Waals surface area contributed by atoms with Gasteiger partial charge in [0.1, 0.15) is 17.3 Å². The second-order valence-electron chi connectivity index (χ2n) is 8.07. The van der Waals surface area contributed by atoms with Crippen molar-refractivity contribution in [1.82, 2.24) is 4.90 Å². The van der Waals surface area contributed by atoms with Gasteiger partial charge in [-0.25, -0.2) is 0 Å². The number of aryl methyl sites for hydroxylation is 1. The van der Waals surface area contributed by atoms with Gasteiger partial charge in [0.15, 0.2) is 0 Å². The third-order valence-electron chi connectivity index (χ3n) is 6.34. The number of ether oxygens (including phenoxy) is 2. The highest BCUT2D eigenvalue weighted by Crippen LogP contribution is 2.45. The molecule has 2 aromatic carbocycles. The van der Waals surface area contributed by atoms with Gasteiger partial charge >= 0.3 is 0 Å². The van der Waals surface area contributed by atoms with Crippen LogP contribution < -0.4 is 9.47 Å². The van der Waals surface area contributed by atoms with Crippen molar-refractivity contribution in [3.63, 3.8) is 0 Å². The number of carbonyl (C=O) groups excluding carboxylic acids is 2. The number of Topliss-reactive ketones (excluding diaryl/α,β-unsaturated/α-hetero) is 1. The summed E-state index contributed by atoms with van der Waals surface area (Å²) in [6, 6.07) is 12.0.